The van der Waals surface area contributed by atoms with Crippen molar-refractivity contribution in [1.29, 1.82) is 0 Å². The second-order valence-corrected chi connectivity index (χ2v) is 7.71. The number of thiazole rings is 1. The number of rotatable bonds is 7. The Kier molecular flexibility index (Phi) is 5.55. The van der Waals surface area contributed by atoms with Crippen LogP contribution in [0.3, 0.4) is 0 Å². The number of sulfonamides is 1. The monoisotopic (exact) mass is 393 g/mol. The van der Waals surface area contributed by atoms with Crippen molar-refractivity contribution >= 4 is 37.3 Å². The van der Waals surface area contributed by atoms with Crippen molar-refractivity contribution in [3.63, 3.8) is 0 Å². The topological polar surface area (TPSA) is 84.2 Å². The number of nitrogens with zero attached hydrogens (tertiary/aromatic N) is 1. The molecule has 0 aromatic carbocycles. The Balaban J connectivity index is 2.12. The van der Waals surface area contributed by atoms with Gasteiger partial charge in [0, 0.05) is 17.5 Å². The fourth-order valence-electron chi connectivity index (χ4n) is 1.65. The van der Waals surface area contributed by atoms with Crippen molar-refractivity contribution in [1.82, 2.24) is 15.0 Å². The largest absolute Gasteiger partial charge is 0.452 e. The van der Waals surface area contributed by atoms with Crippen molar-refractivity contribution in [2.75, 3.05) is 6.54 Å². The third kappa shape index (κ3) is 4.13. The van der Waals surface area contributed by atoms with Gasteiger partial charge in [-0.3, -0.25) is 0 Å². The Bertz CT molecular complexity index is 709. The molecule has 9 heteroatoms. The first-order chi connectivity index (χ1) is 9.94. The van der Waals surface area contributed by atoms with E-state index in [1.54, 1.807) is 5.51 Å². The second-order valence-electron chi connectivity index (χ2n) is 4.32. The molecule has 0 atom stereocenters. The van der Waals surface area contributed by atoms with Crippen LogP contribution in [0.2, 0.25) is 0 Å². The predicted molar refractivity (Wildman–Crippen MR) is 84.7 cm³/mol. The summed E-state index contributed by atoms with van der Waals surface area (Å²) >= 11 is 4.58. The first-order valence-electron chi connectivity index (χ1n) is 6.31. The minimum Gasteiger partial charge on any atom is -0.452 e. The molecule has 2 aromatic rings. The zero-order valence-corrected chi connectivity index (χ0v) is 14.9. The van der Waals surface area contributed by atoms with Gasteiger partial charge in [0.1, 0.15) is 10.7 Å². The number of furan rings is 1. The van der Waals surface area contributed by atoms with Crippen molar-refractivity contribution in [2.45, 2.75) is 31.8 Å². The van der Waals surface area contributed by atoms with Crippen LogP contribution in [-0.2, 0) is 23.1 Å². The summed E-state index contributed by atoms with van der Waals surface area (Å²) in [6.45, 7) is 5.30. The van der Waals surface area contributed by atoms with E-state index in [4.69, 9.17) is 4.42 Å². The average molecular weight is 394 g/mol. The summed E-state index contributed by atoms with van der Waals surface area (Å²) in [6.07, 6.45) is 0. The highest BCUT2D eigenvalue weighted by atomic mass is 79.9. The van der Waals surface area contributed by atoms with Crippen LogP contribution in [0.4, 0.5) is 0 Å². The quantitative estimate of drug-likeness (QED) is 0.754. The average Bonchev–Trinajstić information content (AvgIpc) is 3.00. The maximum Gasteiger partial charge on any atom is 0.245 e. The molecular weight excluding hydrogens is 378 g/mol. The first-order valence-corrected chi connectivity index (χ1v) is 9.47. The molecule has 0 unspecified atom stereocenters. The number of nitrogens with one attached hydrogen (secondary N) is 2. The molecule has 2 N–H and O–H groups in total. The summed E-state index contributed by atoms with van der Waals surface area (Å²) in [5.41, 5.74) is 2.53. The summed E-state index contributed by atoms with van der Waals surface area (Å²) in [6, 6.07) is 1.52. The third-order valence-corrected chi connectivity index (χ3v) is 6.01. The van der Waals surface area contributed by atoms with Gasteiger partial charge in [-0.25, -0.2) is 18.1 Å². The molecule has 0 aliphatic carbocycles. The predicted octanol–water partition coefficient (Wildman–Crippen LogP) is 2.40. The molecule has 2 rings (SSSR count). The van der Waals surface area contributed by atoms with Crippen LogP contribution in [0.1, 0.15) is 23.3 Å². The van der Waals surface area contributed by atoms with Crippen LogP contribution in [0.25, 0.3) is 0 Å². The van der Waals surface area contributed by atoms with Crippen LogP contribution in [0.5, 0.6) is 0 Å². The lowest BCUT2D eigenvalue weighted by Crippen LogP contribution is -2.23. The number of aromatic nitrogens is 1. The van der Waals surface area contributed by atoms with Crippen molar-refractivity contribution in [2.24, 2.45) is 0 Å². The first kappa shape index (κ1) is 16.6. The molecule has 6 nitrogen and oxygen atoms in total. The molecule has 0 saturated carbocycles. The Morgan fingerprint density at radius 2 is 2.19 bits per heavy atom. The fraction of sp³-hybridized carbons (Fsp3) is 0.417. The molecule has 0 radical (unpaired) electrons. The van der Waals surface area contributed by atoms with Crippen molar-refractivity contribution < 1.29 is 12.8 Å². The maximum absolute atomic E-state index is 12.3. The van der Waals surface area contributed by atoms with Gasteiger partial charge in [0.25, 0.3) is 0 Å². The van der Waals surface area contributed by atoms with Crippen LogP contribution < -0.4 is 10.0 Å². The molecule has 116 valence electrons. The highest BCUT2D eigenvalue weighted by Crippen LogP contribution is 2.26. The van der Waals surface area contributed by atoms with Crippen LogP contribution in [0, 0.1) is 6.92 Å². The second kappa shape index (κ2) is 7.01. The van der Waals surface area contributed by atoms with Gasteiger partial charge in [0.05, 0.1) is 17.7 Å². The molecule has 21 heavy (non-hydrogen) atoms. The molecule has 0 amide bonds. The molecule has 0 saturated heterocycles. The van der Waals surface area contributed by atoms with Gasteiger partial charge in [-0.05, 0) is 29.4 Å². The Labute approximate surface area is 136 Å². The number of halogens is 1. The van der Waals surface area contributed by atoms with Crippen LogP contribution >= 0.6 is 27.3 Å². The van der Waals surface area contributed by atoms with E-state index in [1.165, 1.54) is 17.4 Å². The Hall–Kier alpha value is -0.740. The van der Waals surface area contributed by atoms with E-state index in [0.29, 0.717) is 12.3 Å². The molecule has 2 aromatic heterocycles. The fourth-order valence-corrected chi connectivity index (χ4v) is 4.45. The maximum atomic E-state index is 12.3. The lowest BCUT2D eigenvalue weighted by Gasteiger charge is -2.04. The SMILES string of the molecule is CCNCc1cc(S(=O)(=O)NCc2scnc2C)c(Br)o1. The molecule has 0 aliphatic rings. The Morgan fingerprint density at radius 1 is 1.43 bits per heavy atom. The number of aryl methyl sites for hydroxylation is 1. The summed E-state index contributed by atoms with van der Waals surface area (Å²) in [7, 11) is -3.63. The summed E-state index contributed by atoms with van der Waals surface area (Å²) in [5.74, 6) is 0.568. The van der Waals surface area contributed by atoms with E-state index in [2.05, 4.69) is 31.0 Å². The van der Waals surface area contributed by atoms with Gasteiger partial charge in [0.2, 0.25) is 10.0 Å². The minimum atomic E-state index is -3.63. The van der Waals surface area contributed by atoms with E-state index in [-0.39, 0.29) is 16.1 Å². The zero-order valence-electron chi connectivity index (χ0n) is 11.6. The molecular formula is C12H16BrN3O3S2. The molecule has 0 spiro atoms. The summed E-state index contributed by atoms with van der Waals surface area (Å²) in [4.78, 5) is 5.10. The van der Waals surface area contributed by atoms with Gasteiger partial charge in [0.15, 0.2) is 4.67 Å². The molecule has 0 aliphatic heterocycles. The number of hydrogen-bond acceptors (Lipinski definition) is 6. The van der Waals surface area contributed by atoms with Gasteiger partial charge >= 0.3 is 0 Å². The minimum absolute atomic E-state index is 0.109. The van der Waals surface area contributed by atoms with Crippen LogP contribution in [0.15, 0.2) is 25.6 Å². The third-order valence-electron chi connectivity index (χ3n) is 2.81. The normalized spacial score (nSPS) is 12.0. The van der Waals surface area contributed by atoms with Gasteiger partial charge in [-0.1, -0.05) is 6.92 Å². The van der Waals surface area contributed by atoms with E-state index in [1.807, 2.05) is 13.8 Å². The van der Waals surface area contributed by atoms with Gasteiger partial charge in [-0.15, -0.1) is 11.3 Å². The Morgan fingerprint density at radius 3 is 2.81 bits per heavy atom. The van der Waals surface area contributed by atoms with Gasteiger partial charge < -0.3 is 9.73 Å². The number of hydrogen-bond donors (Lipinski definition) is 2. The van der Waals surface area contributed by atoms with E-state index < -0.39 is 10.0 Å². The smallest absolute Gasteiger partial charge is 0.245 e. The molecule has 0 bridgehead atoms. The standard InChI is InChI=1S/C12H16BrN3O3S2/c1-3-14-5-9-4-11(12(13)19-9)21(17,18)16-6-10-8(2)15-7-20-10/h4,7,14,16H,3,5-6H2,1-2H3. The van der Waals surface area contributed by atoms with Gasteiger partial charge in [-0.2, -0.15) is 0 Å². The van der Waals surface area contributed by atoms with Crippen molar-refractivity contribution in [3.8, 4) is 0 Å². The molecule has 2 heterocycles. The van der Waals surface area contributed by atoms with Crippen LogP contribution in [-0.4, -0.2) is 19.9 Å². The summed E-state index contributed by atoms with van der Waals surface area (Å²) in [5, 5.41) is 3.08. The van der Waals surface area contributed by atoms with E-state index in [9.17, 15) is 8.42 Å². The highest BCUT2D eigenvalue weighted by molar-refractivity contribution is 9.10. The lowest BCUT2D eigenvalue weighted by molar-refractivity contribution is 0.464. The van der Waals surface area contributed by atoms with Crippen molar-refractivity contribution in [3.05, 3.63) is 32.6 Å². The highest BCUT2D eigenvalue weighted by Gasteiger charge is 2.22. The zero-order chi connectivity index (χ0) is 15.5. The molecule has 0 fully saturated rings. The summed E-state index contributed by atoms with van der Waals surface area (Å²) < 4.78 is 32.8. The van der Waals surface area contributed by atoms with E-state index in [0.717, 1.165) is 17.1 Å². The van der Waals surface area contributed by atoms with E-state index >= 15 is 0 Å². The lowest BCUT2D eigenvalue weighted by atomic mass is 10.4.